The quantitative estimate of drug-likeness (QED) is 0.830. The summed E-state index contributed by atoms with van der Waals surface area (Å²) in [7, 11) is 2.84. The van der Waals surface area contributed by atoms with Crippen LogP contribution in [0.5, 0.6) is 11.5 Å². The van der Waals surface area contributed by atoms with Crippen LogP contribution < -0.4 is 15.2 Å². The number of carbonyl (C=O) groups excluding carboxylic acids is 1. The molecule has 0 bridgehead atoms. The van der Waals surface area contributed by atoms with Gasteiger partial charge in [0.05, 0.1) is 14.2 Å². The number of nitrogens with two attached hydrogens (primary N) is 1. The topological polar surface area (TPSA) is 70.8 Å². The van der Waals surface area contributed by atoms with Crippen LogP contribution in [0.4, 0.5) is 0 Å². The molecular formula is C17H19NO4. The van der Waals surface area contributed by atoms with E-state index in [1.165, 1.54) is 14.2 Å². The lowest BCUT2D eigenvalue weighted by atomic mass is 10.1. The monoisotopic (exact) mass is 301 g/mol. The van der Waals surface area contributed by atoms with Crippen molar-refractivity contribution < 1.29 is 19.0 Å². The second kappa shape index (κ2) is 7.47. The predicted octanol–water partition coefficient (Wildman–Crippen LogP) is 2.45. The molecule has 0 aliphatic rings. The number of ether oxygens (including phenoxy) is 3. The van der Waals surface area contributed by atoms with E-state index in [-0.39, 0.29) is 0 Å². The SMILES string of the molecule is COC(=O)C(N)c1ccc(OCc2ccccc2)c(OC)c1. The molecule has 22 heavy (non-hydrogen) atoms. The van der Waals surface area contributed by atoms with Crippen molar-refractivity contribution in [1.82, 2.24) is 0 Å². The first-order chi connectivity index (χ1) is 10.7. The largest absolute Gasteiger partial charge is 0.493 e. The lowest BCUT2D eigenvalue weighted by Crippen LogP contribution is -2.22. The minimum Gasteiger partial charge on any atom is -0.493 e. The normalized spacial score (nSPS) is 11.6. The molecule has 0 fully saturated rings. The van der Waals surface area contributed by atoms with E-state index in [1.54, 1.807) is 18.2 Å². The lowest BCUT2D eigenvalue weighted by molar-refractivity contribution is -0.142. The van der Waals surface area contributed by atoms with Gasteiger partial charge in [0.25, 0.3) is 0 Å². The Morgan fingerprint density at radius 3 is 2.45 bits per heavy atom. The molecule has 0 radical (unpaired) electrons. The first-order valence-corrected chi connectivity index (χ1v) is 6.83. The van der Waals surface area contributed by atoms with Gasteiger partial charge >= 0.3 is 5.97 Å². The van der Waals surface area contributed by atoms with Gasteiger partial charge < -0.3 is 19.9 Å². The van der Waals surface area contributed by atoms with E-state index < -0.39 is 12.0 Å². The fourth-order valence-electron chi connectivity index (χ4n) is 2.00. The molecule has 116 valence electrons. The van der Waals surface area contributed by atoms with Crippen molar-refractivity contribution in [3.05, 3.63) is 59.7 Å². The Balaban J connectivity index is 2.14. The molecule has 2 aromatic carbocycles. The van der Waals surface area contributed by atoms with E-state index in [0.29, 0.717) is 23.7 Å². The van der Waals surface area contributed by atoms with Crippen molar-refractivity contribution in [2.45, 2.75) is 12.6 Å². The molecule has 0 amide bonds. The number of hydrogen-bond acceptors (Lipinski definition) is 5. The van der Waals surface area contributed by atoms with Crippen LogP contribution in [-0.2, 0) is 16.1 Å². The average Bonchev–Trinajstić information content (AvgIpc) is 2.59. The Kier molecular flexibility index (Phi) is 5.38. The van der Waals surface area contributed by atoms with Crippen LogP contribution in [0.15, 0.2) is 48.5 Å². The Labute approximate surface area is 129 Å². The Morgan fingerprint density at radius 2 is 1.82 bits per heavy atom. The second-order valence-electron chi connectivity index (χ2n) is 4.69. The third-order valence-corrected chi connectivity index (χ3v) is 3.24. The van der Waals surface area contributed by atoms with Crippen molar-refractivity contribution >= 4 is 5.97 Å². The minimum atomic E-state index is -0.845. The van der Waals surface area contributed by atoms with Gasteiger partial charge in [0.15, 0.2) is 11.5 Å². The Hall–Kier alpha value is -2.53. The summed E-state index contributed by atoms with van der Waals surface area (Å²) < 4.78 is 15.7. The molecule has 1 unspecified atom stereocenters. The molecule has 5 heteroatoms. The molecule has 0 aliphatic carbocycles. The third-order valence-electron chi connectivity index (χ3n) is 3.24. The zero-order valence-electron chi connectivity index (χ0n) is 12.6. The van der Waals surface area contributed by atoms with Crippen molar-refractivity contribution in [1.29, 1.82) is 0 Å². The van der Waals surface area contributed by atoms with Crippen LogP contribution in [0, 0.1) is 0 Å². The fourth-order valence-corrected chi connectivity index (χ4v) is 2.00. The lowest BCUT2D eigenvalue weighted by Gasteiger charge is -2.14. The second-order valence-corrected chi connectivity index (χ2v) is 4.69. The van der Waals surface area contributed by atoms with Crippen molar-refractivity contribution in [3.63, 3.8) is 0 Å². The Bertz CT molecular complexity index is 628. The van der Waals surface area contributed by atoms with Gasteiger partial charge in [-0.2, -0.15) is 0 Å². The first-order valence-electron chi connectivity index (χ1n) is 6.83. The molecule has 0 heterocycles. The summed E-state index contributed by atoms with van der Waals surface area (Å²) in [5.41, 5.74) is 7.48. The fraction of sp³-hybridized carbons (Fsp3) is 0.235. The number of carbonyl (C=O) groups is 1. The molecule has 2 rings (SSSR count). The highest BCUT2D eigenvalue weighted by Gasteiger charge is 2.18. The van der Waals surface area contributed by atoms with Gasteiger partial charge in [-0.15, -0.1) is 0 Å². The minimum absolute atomic E-state index is 0.430. The highest BCUT2D eigenvalue weighted by Crippen LogP contribution is 2.30. The van der Waals surface area contributed by atoms with Gasteiger partial charge in [0.1, 0.15) is 12.6 Å². The molecule has 5 nitrogen and oxygen atoms in total. The standard InChI is InChI=1S/C17H19NO4/c1-20-15-10-13(16(18)17(19)21-2)8-9-14(15)22-11-12-6-4-3-5-7-12/h3-10,16H,11,18H2,1-2H3. The van der Waals surface area contributed by atoms with Crippen LogP contribution >= 0.6 is 0 Å². The first kappa shape index (κ1) is 15.9. The van der Waals surface area contributed by atoms with Gasteiger partial charge in [-0.1, -0.05) is 36.4 Å². The summed E-state index contributed by atoms with van der Waals surface area (Å²) in [4.78, 5) is 11.5. The number of hydrogen-bond donors (Lipinski definition) is 1. The predicted molar refractivity (Wildman–Crippen MR) is 82.7 cm³/mol. The Morgan fingerprint density at radius 1 is 1.09 bits per heavy atom. The maximum absolute atomic E-state index is 11.5. The molecule has 0 spiro atoms. The molecule has 2 aromatic rings. The van der Waals surface area contributed by atoms with E-state index in [1.807, 2.05) is 30.3 Å². The molecule has 0 saturated heterocycles. The molecular weight excluding hydrogens is 282 g/mol. The van der Waals surface area contributed by atoms with Crippen LogP contribution in [0.25, 0.3) is 0 Å². The summed E-state index contributed by atoms with van der Waals surface area (Å²) in [5, 5.41) is 0. The highest BCUT2D eigenvalue weighted by molar-refractivity contribution is 5.77. The van der Waals surface area contributed by atoms with E-state index in [9.17, 15) is 4.79 Å². The number of rotatable bonds is 6. The van der Waals surface area contributed by atoms with Gasteiger partial charge in [-0.05, 0) is 23.3 Å². The summed E-state index contributed by atoms with van der Waals surface area (Å²) >= 11 is 0. The van der Waals surface area contributed by atoms with Crippen LogP contribution in [-0.4, -0.2) is 20.2 Å². The van der Waals surface area contributed by atoms with E-state index in [4.69, 9.17) is 15.2 Å². The molecule has 2 N–H and O–H groups in total. The molecule has 1 atom stereocenters. The van der Waals surface area contributed by atoms with Crippen LogP contribution in [0.2, 0.25) is 0 Å². The summed E-state index contributed by atoms with van der Waals surface area (Å²) in [6, 6.07) is 14.1. The maximum Gasteiger partial charge on any atom is 0.327 e. The van der Waals surface area contributed by atoms with Crippen molar-refractivity contribution in [2.24, 2.45) is 5.73 Å². The van der Waals surface area contributed by atoms with Gasteiger partial charge in [0, 0.05) is 0 Å². The van der Waals surface area contributed by atoms with Gasteiger partial charge in [-0.3, -0.25) is 4.79 Å². The smallest absolute Gasteiger partial charge is 0.327 e. The average molecular weight is 301 g/mol. The van der Waals surface area contributed by atoms with E-state index in [2.05, 4.69) is 4.74 Å². The van der Waals surface area contributed by atoms with E-state index >= 15 is 0 Å². The zero-order valence-corrected chi connectivity index (χ0v) is 12.6. The van der Waals surface area contributed by atoms with Crippen LogP contribution in [0.3, 0.4) is 0 Å². The number of esters is 1. The molecule has 0 aliphatic heterocycles. The number of methoxy groups -OCH3 is 2. The molecule has 0 saturated carbocycles. The van der Waals surface area contributed by atoms with E-state index in [0.717, 1.165) is 5.56 Å². The maximum atomic E-state index is 11.5. The summed E-state index contributed by atoms with van der Waals surface area (Å²) in [6.07, 6.45) is 0. The highest BCUT2D eigenvalue weighted by atomic mass is 16.5. The summed E-state index contributed by atoms with van der Waals surface area (Å²) in [5.74, 6) is 0.611. The molecule has 0 aromatic heterocycles. The van der Waals surface area contributed by atoms with Crippen molar-refractivity contribution in [2.75, 3.05) is 14.2 Å². The van der Waals surface area contributed by atoms with Gasteiger partial charge in [-0.25, -0.2) is 0 Å². The zero-order chi connectivity index (χ0) is 15.9. The van der Waals surface area contributed by atoms with Crippen molar-refractivity contribution in [3.8, 4) is 11.5 Å². The number of benzene rings is 2. The third kappa shape index (κ3) is 3.77. The summed E-state index contributed by atoms with van der Waals surface area (Å²) in [6.45, 7) is 0.430. The van der Waals surface area contributed by atoms with Gasteiger partial charge in [0.2, 0.25) is 0 Å². The van der Waals surface area contributed by atoms with Crippen LogP contribution in [0.1, 0.15) is 17.2 Å².